The van der Waals surface area contributed by atoms with Crippen LogP contribution in [0.15, 0.2) is 0 Å². The second kappa shape index (κ2) is 4.54. The van der Waals surface area contributed by atoms with Crippen molar-refractivity contribution in [2.75, 3.05) is 0 Å². The largest absolute Gasteiger partial charge is 0.481 e. The van der Waals surface area contributed by atoms with Crippen LogP contribution in [0.4, 0.5) is 0 Å². The van der Waals surface area contributed by atoms with Gasteiger partial charge in [0.25, 0.3) is 0 Å². The number of rotatable bonds is 1. The highest BCUT2D eigenvalue weighted by Gasteiger charge is 2.39. The van der Waals surface area contributed by atoms with Crippen LogP contribution < -0.4 is 0 Å². The van der Waals surface area contributed by atoms with Gasteiger partial charge in [-0.25, -0.2) is 0 Å². The first-order chi connectivity index (χ1) is 7.18. The van der Waals surface area contributed by atoms with Gasteiger partial charge in [-0.1, -0.05) is 26.2 Å². The van der Waals surface area contributed by atoms with E-state index in [0.717, 1.165) is 31.6 Å². The van der Waals surface area contributed by atoms with Gasteiger partial charge in [0.2, 0.25) is 0 Å². The van der Waals surface area contributed by atoms with E-state index >= 15 is 0 Å². The third-order valence-electron chi connectivity index (χ3n) is 4.44. The van der Waals surface area contributed by atoms with E-state index < -0.39 is 5.97 Å². The first-order valence-corrected chi connectivity index (χ1v) is 6.41. The predicted molar refractivity (Wildman–Crippen MR) is 59.6 cm³/mol. The Balaban J connectivity index is 2.20. The molecule has 0 aliphatic heterocycles. The van der Waals surface area contributed by atoms with Crippen molar-refractivity contribution in [3.63, 3.8) is 0 Å². The molecule has 2 fully saturated rings. The monoisotopic (exact) mass is 210 g/mol. The van der Waals surface area contributed by atoms with Crippen molar-refractivity contribution in [1.29, 1.82) is 0 Å². The first kappa shape index (κ1) is 11.0. The van der Waals surface area contributed by atoms with Crippen LogP contribution in [0.5, 0.6) is 0 Å². The Hall–Kier alpha value is -0.530. The molecule has 1 N–H and O–H groups in total. The van der Waals surface area contributed by atoms with Gasteiger partial charge >= 0.3 is 5.97 Å². The summed E-state index contributed by atoms with van der Waals surface area (Å²) in [5.74, 6) is 1.12. The average Bonchev–Trinajstić information content (AvgIpc) is 2.45. The van der Waals surface area contributed by atoms with Crippen molar-refractivity contribution >= 4 is 5.97 Å². The van der Waals surface area contributed by atoms with E-state index in [1.54, 1.807) is 0 Å². The average molecular weight is 210 g/mol. The van der Waals surface area contributed by atoms with Gasteiger partial charge in [-0.05, 0) is 43.4 Å². The number of carboxylic acid groups (broad SMARTS) is 1. The van der Waals surface area contributed by atoms with Crippen LogP contribution in [-0.2, 0) is 4.79 Å². The molecule has 2 bridgehead atoms. The molecule has 4 unspecified atom stereocenters. The molecule has 2 rings (SSSR count). The van der Waals surface area contributed by atoms with E-state index in [1.165, 1.54) is 19.3 Å². The Morgan fingerprint density at radius 2 is 1.73 bits per heavy atom. The molecule has 0 aromatic heterocycles. The highest BCUT2D eigenvalue weighted by Crippen LogP contribution is 2.43. The zero-order valence-electron chi connectivity index (χ0n) is 9.61. The second-order valence-corrected chi connectivity index (χ2v) is 5.59. The first-order valence-electron chi connectivity index (χ1n) is 6.41. The third kappa shape index (κ3) is 2.35. The van der Waals surface area contributed by atoms with Crippen molar-refractivity contribution in [3.8, 4) is 0 Å². The molecule has 2 heteroatoms. The zero-order chi connectivity index (χ0) is 10.8. The minimum Gasteiger partial charge on any atom is -0.481 e. The lowest BCUT2D eigenvalue weighted by Gasteiger charge is -2.25. The van der Waals surface area contributed by atoms with E-state index in [4.69, 9.17) is 0 Å². The zero-order valence-corrected chi connectivity index (χ0v) is 9.61. The molecule has 86 valence electrons. The number of fused-ring (bicyclic) bond motifs is 2. The molecule has 4 atom stereocenters. The Bertz CT molecular complexity index is 237. The van der Waals surface area contributed by atoms with Crippen molar-refractivity contribution in [1.82, 2.24) is 0 Å². The second-order valence-electron chi connectivity index (χ2n) is 5.59. The normalized spacial score (nSPS) is 41.7. The topological polar surface area (TPSA) is 37.3 Å². The molecule has 0 radical (unpaired) electrons. The minimum atomic E-state index is -0.527. The van der Waals surface area contributed by atoms with E-state index in [9.17, 15) is 9.90 Å². The van der Waals surface area contributed by atoms with Crippen molar-refractivity contribution in [2.45, 2.75) is 51.9 Å². The van der Waals surface area contributed by atoms with Gasteiger partial charge in [-0.15, -0.1) is 0 Å². The standard InChI is InChI=1S/C13H22O2/c1-9-6-7-10-4-2-3-5-11(8-9)12(10)13(14)15/h9-12H,2-8H2,1H3,(H,14,15). The quantitative estimate of drug-likeness (QED) is 0.721. The van der Waals surface area contributed by atoms with Crippen molar-refractivity contribution in [2.24, 2.45) is 23.7 Å². The lowest BCUT2D eigenvalue weighted by Crippen LogP contribution is -2.28. The van der Waals surface area contributed by atoms with Gasteiger partial charge in [-0.3, -0.25) is 4.79 Å². The molecule has 2 aliphatic carbocycles. The van der Waals surface area contributed by atoms with Gasteiger partial charge < -0.3 is 5.11 Å². The maximum Gasteiger partial charge on any atom is 0.307 e. The van der Waals surface area contributed by atoms with E-state index in [0.29, 0.717) is 11.8 Å². The smallest absolute Gasteiger partial charge is 0.307 e. The fraction of sp³-hybridized carbons (Fsp3) is 0.923. The minimum absolute atomic E-state index is 0.0301. The van der Waals surface area contributed by atoms with Crippen LogP contribution in [0.25, 0.3) is 0 Å². The summed E-state index contributed by atoms with van der Waals surface area (Å²) in [7, 11) is 0. The summed E-state index contributed by atoms with van der Waals surface area (Å²) < 4.78 is 0. The molecule has 0 saturated heterocycles. The number of carboxylic acids is 1. The summed E-state index contributed by atoms with van der Waals surface area (Å²) in [5.41, 5.74) is 0. The molecule has 0 aromatic rings. The Labute approximate surface area is 92.1 Å². The molecular weight excluding hydrogens is 188 g/mol. The number of carbonyl (C=O) groups is 1. The molecule has 2 aliphatic rings. The summed E-state index contributed by atoms with van der Waals surface area (Å²) in [5, 5.41) is 9.38. The molecule has 2 saturated carbocycles. The number of hydrogen-bond acceptors (Lipinski definition) is 1. The highest BCUT2D eigenvalue weighted by atomic mass is 16.4. The Kier molecular flexibility index (Phi) is 3.32. The number of hydrogen-bond donors (Lipinski definition) is 1. The third-order valence-corrected chi connectivity index (χ3v) is 4.44. The Morgan fingerprint density at radius 3 is 2.40 bits per heavy atom. The maximum absolute atomic E-state index is 11.4. The number of aliphatic carboxylic acids is 1. The molecule has 15 heavy (non-hydrogen) atoms. The van der Waals surface area contributed by atoms with Crippen molar-refractivity contribution in [3.05, 3.63) is 0 Å². The predicted octanol–water partition coefficient (Wildman–Crippen LogP) is 3.31. The van der Waals surface area contributed by atoms with Crippen molar-refractivity contribution < 1.29 is 9.90 Å². The summed E-state index contributed by atoms with van der Waals surface area (Å²) in [4.78, 5) is 11.4. The molecule has 0 amide bonds. The van der Waals surface area contributed by atoms with Crippen LogP contribution in [0.2, 0.25) is 0 Å². The van der Waals surface area contributed by atoms with Crippen LogP contribution in [0.3, 0.4) is 0 Å². The Morgan fingerprint density at radius 1 is 1.07 bits per heavy atom. The SMILES string of the molecule is CC1CCC2CCCCC(C1)C2C(=O)O. The lowest BCUT2D eigenvalue weighted by atomic mass is 9.79. The van der Waals surface area contributed by atoms with Gasteiger partial charge in [0, 0.05) is 0 Å². The fourth-order valence-corrected chi connectivity index (χ4v) is 3.68. The van der Waals surface area contributed by atoms with E-state index in [2.05, 4.69) is 6.92 Å². The van der Waals surface area contributed by atoms with Gasteiger partial charge in [0.1, 0.15) is 0 Å². The molecule has 0 spiro atoms. The van der Waals surface area contributed by atoms with Gasteiger partial charge in [-0.2, -0.15) is 0 Å². The molecule has 0 aromatic carbocycles. The van der Waals surface area contributed by atoms with Crippen LogP contribution >= 0.6 is 0 Å². The van der Waals surface area contributed by atoms with Crippen LogP contribution in [0, 0.1) is 23.7 Å². The highest BCUT2D eigenvalue weighted by molar-refractivity contribution is 5.70. The summed E-state index contributed by atoms with van der Waals surface area (Å²) in [6.07, 6.45) is 8.34. The van der Waals surface area contributed by atoms with Crippen LogP contribution in [0.1, 0.15) is 51.9 Å². The summed E-state index contributed by atoms with van der Waals surface area (Å²) >= 11 is 0. The fourth-order valence-electron chi connectivity index (χ4n) is 3.68. The van der Waals surface area contributed by atoms with Crippen LogP contribution in [-0.4, -0.2) is 11.1 Å². The molecular formula is C13H22O2. The summed E-state index contributed by atoms with van der Waals surface area (Å²) in [6.45, 7) is 2.29. The van der Waals surface area contributed by atoms with Gasteiger partial charge in [0.05, 0.1) is 5.92 Å². The molecule has 0 heterocycles. The van der Waals surface area contributed by atoms with Gasteiger partial charge in [0.15, 0.2) is 0 Å². The lowest BCUT2D eigenvalue weighted by molar-refractivity contribution is -0.146. The molecule has 2 nitrogen and oxygen atoms in total. The van der Waals surface area contributed by atoms with E-state index in [-0.39, 0.29) is 5.92 Å². The maximum atomic E-state index is 11.4. The van der Waals surface area contributed by atoms with E-state index in [1.807, 2.05) is 0 Å². The summed E-state index contributed by atoms with van der Waals surface area (Å²) in [6, 6.07) is 0.